The van der Waals surface area contributed by atoms with E-state index in [1.165, 1.54) is 18.7 Å². The Labute approximate surface area is 115 Å². The molecule has 0 atom stereocenters. The van der Waals surface area contributed by atoms with E-state index in [0.717, 1.165) is 5.56 Å². The van der Waals surface area contributed by atoms with Gasteiger partial charge in [-0.1, -0.05) is 19.9 Å². The first-order valence-corrected chi connectivity index (χ1v) is 6.37. The van der Waals surface area contributed by atoms with Crippen LogP contribution in [0.1, 0.15) is 39.2 Å². The SMILES string of the molecule is COc1cc(C(C)C)ccc1N(C)C(=O)C(C)(C)O. The number of aliphatic hydroxyl groups is 1. The molecule has 0 aliphatic rings. The summed E-state index contributed by atoms with van der Waals surface area (Å²) in [6.07, 6.45) is 0. The molecule has 4 nitrogen and oxygen atoms in total. The van der Waals surface area contributed by atoms with E-state index in [1.807, 2.05) is 18.2 Å². The van der Waals surface area contributed by atoms with E-state index in [-0.39, 0.29) is 5.91 Å². The smallest absolute Gasteiger partial charge is 0.258 e. The summed E-state index contributed by atoms with van der Waals surface area (Å²) in [6, 6.07) is 5.74. The molecule has 0 fully saturated rings. The molecule has 1 amide bonds. The summed E-state index contributed by atoms with van der Waals surface area (Å²) in [6.45, 7) is 7.14. The van der Waals surface area contributed by atoms with Crippen LogP contribution in [0.4, 0.5) is 5.69 Å². The number of anilines is 1. The van der Waals surface area contributed by atoms with E-state index in [4.69, 9.17) is 4.74 Å². The highest BCUT2D eigenvalue weighted by atomic mass is 16.5. The van der Waals surface area contributed by atoms with Crippen molar-refractivity contribution in [2.45, 2.75) is 39.2 Å². The van der Waals surface area contributed by atoms with Crippen molar-refractivity contribution in [3.63, 3.8) is 0 Å². The topological polar surface area (TPSA) is 49.8 Å². The molecule has 4 heteroatoms. The number of methoxy groups -OCH3 is 1. The van der Waals surface area contributed by atoms with E-state index >= 15 is 0 Å². The van der Waals surface area contributed by atoms with Crippen LogP contribution in [0.5, 0.6) is 5.75 Å². The van der Waals surface area contributed by atoms with Crippen molar-refractivity contribution in [1.82, 2.24) is 0 Å². The maximum Gasteiger partial charge on any atom is 0.258 e. The van der Waals surface area contributed by atoms with Crippen LogP contribution in [0.3, 0.4) is 0 Å². The lowest BCUT2D eigenvalue weighted by molar-refractivity contribution is -0.133. The molecule has 0 bridgehead atoms. The summed E-state index contributed by atoms with van der Waals surface area (Å²) in [5.74, 6) is 0.646. The van der Waals surface area contributed by atoms with Crippen LogP contribution in [0, 0.1) is 0 Å². The normalized spacial score (nSPS) is 11.6. The second-order valence-electron chi connectivity index (χ2n) is 5.51. The number of ether oxygens (including phenoxy) is 1. The van der Waals surface area contributed by atoms with Gasteiger partial charge in [0.2, 0.25) is 0 Å². The monoisotopic (exact) mass is 265 g/mol. The molecule has 0 saturated carbocycles. The van der Waals surface area contributed by atoms with Crippen molar-refractivity contribution >= 4 is 11.6 Å². The van der Waals surface area contributed by atoms with E-state index in [0.29, 0.717) is 17.4 Å². The molecule has 0 aliphatic heterocycles. The molecule has 0 aromatic heterocycles. The number of amides is 1. The first kappa shape index (κ1) is 15.5. The number of hydrogen-bond acceptors (Lipinski definition) is 3. The fourth-order valence-corrected chi connectivity index (χ4v) is 1.85. The fourth-order valence-electron chi connectivity index (χ4n) is 1.85. The van der Waals surface area contributed by atoms with Gasteiger partial charge in [-0.2, -0.15) is 0 Å². The summed E-state index contributed by atoms with van der Waals surface area (Å²) < 4.78 is 5.34. The van der Waals surface area contributed by atoms with Crippen LogP contribution in [0.25, 0.3) is 0 Å². The van der Waals surface area contributed by atoms with Gasteiger partial charge in [0, 0.05) is 7.05 Å². The highest BCUT2D eigenvalue weighted by Gasteiger charge is 2.29. The zero-order valence-electron chi connectivity index (χ0n) is 12.5. The van der Waals surface area contributed by atoms with Crippen molar-refractivity contribution in [3.8, 4) is 5.75 Å². The van der Waals surface area contributed by atoms with Gasteiger partial charge >= 0.3 is 0 Å². The molecule has 1 aromatic rings. The molecule has 0 saturated heterocycles. The Kier molecular flexibility index (Phi) is 4.58. The third kappa shape index (κ3) is 3.47. The van der Waals surface area contributed by atoms with Gasteiger partial charge in [-0.05, 0) is 37.5 Å². The number of carbonyl (C=O) groups is 1. The van der Waals surface area contributed by atoms with Gasteiger partial charge in [0.15, 0.2) is 0 Å². The van der Waals surface area contributed by atoms with Gasteiger partial charge in [0.1, 0.15) is 11.4 Å². The molecule has 0 unspecified atom stereocenters. The Morgan fingerprint density at radius 3 is 2.37 bits per heavy atom. The maximum atomic E-state index is 12.1. The highest BCUT2D eigenvalue weighted by molar-refractivity contribution is 5.99. The largest absolute Gasteiger partial charge is 0.495 e. The van der Waals surface area contributed by atoms with Crippen LogP contribution < -0.4 is 9.64 Å². The van der Waals surface area contributed by atoms with E-state index in [2.05, 4.69) is 13.8 Å². The average molecular weight is 265 g/mol. The Morgan fingerprint density at radius 2 is 1.95 bits per heavy atom. The van der Waals surface area contributed by atoms with E-state index < -0.39 is 5.60 Å². The van der Waals surface area contributed by atoms with Crippen LogP contribution in [0.15, 0.2) is 18.2 Å². The molecule has 0 spiro atoms. The summed E-state index contributed by atoms with van der Waals surface area (Å²) in [5, 5.41) is 9.79. The van der Waals surface area contributed by atoms with Crippen LogP contribution >= 0.6 is 0 Å². The Bertz CT molecular complexity index is 461. The summed E-state index contributed by atoms with van der Waals surface area (Å²) in [7, 11) is 3.21. The number of benzene rings is 1. The molecule has 1 aromatic carbocycles. The lowest BCUT2D eigenvalue weighted by atomic mass is 10.0. The lowest BCUT2D eigenvalue weighted by Gasteiger charge is -2.26. The third-order valence-corrected chi connectivity index (χ3v) is 3.06. The number of likely N-dealkylation sites (N-methyl/N-ethyl adjacent to an activating group) is 1. The molecule has 0 radical (unpaired) electrons. The number of rotatable bonds is 4. The molecular weight excluding hydrogens is 242 g/mol. The van der Waals surface area contributed by atoms with E-state index in [9.17, 15) is 9.90 Å². The lowest BCUT2D eigenvalue weighted by Crippen LogP contribution is -2.43. The van der Waals surface area contributed by atoms with Gasteiger partial charge in [-0.25, -0.2) is 0 Å². The van der Waals surface area contributed by atoms with Gasteiger partial charge in [-0.15, -0.1) is 0 Å². The Morgan fingerprint density at radius 1 is 1.37 bits per heavy atom. The standard InChI is InChI=1S/C15H23NO3/c1-10(2)11-7-8-12(13(9-11)19-6)16(5)14(17)15(3,4)18/h7-10,18H,1-6H3. The first-order chi connectivity index (χ1) is 8.68. The van der Waals surface area contributed by atoms with Gasteiger partial charge in [-0.3, -0.25) is 4.79 Å². The average Bonchev–Trinajstić information content (AvgIpc) is 2.34. The highest BCUT2D eigenvalue weighted by Crippen LogP contribution is 2.32. The molecular formula is C15H23NO3. The first-order valence-electron chi connectivity index (χ1n) is 6.37. The molecule has 1 N–H and O–H groups in total. The minimum Gasteiger partial charge on any atom is -0.495 e. The number of nitrogens with zero attached hydrogens (tertiary/aromatic N) is 1. The van der Waals surface area contributed by atoms with Crippen LogP contribution in [-0.2, 0) is 4.79 Å². The Balaban J connectivity index is 3.17. The molecule has 19 heavy (non-hydrogen) atoms. The molecule has 0 aliphatic carbocycles. The quantitative estimate of drug-likeness (QED) is 0.910. The number of carbonyl (C=O) groups excluding carboxylic acids is 1. The molecule has 1 rings (SSSR count). The van der Waals surface area contributed by atoms with Crippen molar-refractivity contribution in [1.29, 1.82) is 0 Å². The minimum atomic E-state index is -1.41. The van der Waals surface area contributed by atoms with E-state index in [1.54, 1.807) is 14.2 Å². The van der Waals surface area contributed by atoms with Crippen molar-refractivity contribution < 1.29 is 14.6 Å². The van der Waals surface area contributed by atoms with Gasteiger partial charge in [0.05, 0.1) is 12.8 Å². The summed E-state index contributed by atoms with van der Waals surface area (Å²) in [5.41, 5.74) is 0.389. The van der Waals surface area contributed by atoms with Gasteiger partial charge in [0.25, 0.3) is 5.91 Å². The summed E-state index contributed by atoms with van der Waals surface area (Å²) in [4.78, 5) is 13.5. The zero-order valence-corrected chi connectivity index (χ0v) is 12.5. The molecule has 0 heterocycles. The van der Waals surface area contributed by atoms with Crippen LogP contribution in [-0.4, -0.2) is 30.8 Å². The summed E-state index contributed by atoms with van der Waals surface area (Å²) >= 11 is 0. The maximum absolute atomic E-state index is 12.1. The van der Waals surface area contributed by atoms with Crippen LogP contribution in [0.2, 0.25) is 0 Å². The fraction of sp³-hybridized carbons (Fsp3) is 0.533. The van der Waals surface area contributed by atoms with Crippen molar-refractivity contribution in [3.05, 3.63) is 23.8 Å². The predicted molar refractivity (Wildman–Crippen MR) is 76.8 cm³/mol. The van der Waals surface area contributed by atoms with Crippen molar-refractivity contribution in [2.24, 2.45) is 0 Å². The molecule has 106 valence electrons. The second-order valence-corrected chi connectivity index (χ2v) is 5.51. The zero-order chi connectivity index (χ0) is 14.8. The second kappa shape index (κ2) is 5.61. The number of hydrogen-bond donors (Lipinski definition) is 1. The van der Waals surface area contributed by atoms with Crippen molar-refractivity contribution in [2.75, 3.05) is 19.1 Å². The third-order valence-electron chi connectivity index (χ3n) is 3.06. The Hall–Kier alpha value is -1.55. The minimum absolute atomic E-state index is 0.372. The predicted octanol–water partition coefficient (Wildman–Crippen LogP) is 2.55. The van der Waals surface area contributed by atoms with Gasteiger partial charge < -0.3 is 14.7 Å².